The number of thioether (sulfide) groups is 1. The fraction of sp³-hybridized carbons (Fsp3) is 0.364. The first-order chi connectivity index (χ1) is 8.31. The van der Waals surface area contributed by atoms with Crippen molar-refractivity contribution in [1.82, 2.24) is 14.8 Å². The molecule has 0 spiro atoms. The molecule has 0 amide bonds. The highest BCUT2D eigenvalue weighted by Crippen LogP contribution is 2.21. The van der Waals surface area contributed by atoms with E-state index in [-0.39, 0.29) is 5.12 Å². The highest BCUT2D eigenvalue weighted by molar-refractivity contribution is 8.14. The van der Waals surface area contributed by atoms with E-state index in [0.29, 0.717) is 10.7 Å². The Kier molecular flexibility index (Phi) is 3.98. The molecule has 0 atom stereocenters. The number of aryl methyl sites for hydroxylation is 1. The monoisotopic (exact) mass is 251 g/mol. The molecule has 2 aromatic heterocycles. The summed E-state index contributed by atoms with van der Waals surface area (Å²) in [5, 5.41) is 8.32. The van der Waals surface area contributed by atoms with E-state index in [9.17, 15) is 4.79 Å². The van der Waals surface area contributed by atoms with Crippen LogP contribution in [0.2, 0.25) is 0 Å². The van der Waals surface area contributed by atoms with Crippen LogP contribution in [0, 0.1) is 0 Å². The maximum atomic E-state index is 11.8. The molecule has 0 saturated heterocycles. The van der Waals surface area contributed by atoms with Gasteiger partial charge in [-0.25, -0.2) is 0 Å². The maximum absolute atomic E-state index is 11.8. The molecule has 0 aromatic carbocycles. The van der Waals surface area contributed by atoms with E-state index in [0.717, 1.165) is 31.1 Å². The smallest absolute Gasteiger partial charge is 0.230 e. The molecule has 0 saturated carbocycles. The van der Waals surface area contributed by atoms with Crippen molar-refractivity contribution in [2.45, 2.75) is 31.5 Å². The molecule has 6 heteroatoms. The molecule has 0 aliphatic heterocycles. The van der Waals surface area contributed by atoms with Crippen molar-refractivity contribution in [1.29, 1.82) is 0 Å². The van der Waals surface area contributed by atoms with Crippen molar-refractivity contribution in [2.75, 3.05) is 0 Å². The minimum Gasteiger partial charge on any atom is -0.472 e. The van der Waals surface area contributed by atoms with Gasteiger partial charge in [-0.3, -0.25) is 4.79 Å². The summed E-state index contributed by atoms with van der Waals surface area (Å²) in [6.07, 6.45) is 6.71. The topological polar surface area (TPSA) is 60.9 Å². The van der Waals surface area contributed by atoms with Crippen LogP contribution >= 0.6 is 11.8 Å². The van der Waals surface area contributed by atoms with Crippen LogP contribution < -0.4 is 0 Å². The summed E-state index contributed by atoms with van der Waals surface area (Å²) in [6.45, 7) is 2.96. The van der Waals surface area contributed by atoms with Gasteiger partial charge >= 0.3 is 0 Å². The van der Waals surface area contributed by atoms with E-state index >= 15 is 0 Å². The van der Waals surface area contributed by atoms with Crippen LogP contribution in [0.25, 0.3) is 0 Å². The van der Waals surface area contributed by atoms with Crippen molar-refractivity contribution in [3.8, 4) is 0 Å². The number of aromatic nitrogens is 3. The average molecular weight is 251 g/mol. The lowest BCUT2D eigenvalue weighted by atomic mass is 10.3. The second kappa shape index (κ2) is 5.67. The predicted molar refractivity (Wildman–Crippen MR) is 63.8 cm³/mol. The molecule has 0 fully saturated rings. The molecule has 0 aliphatic carbocycles. The molecule has 0 unspecified atom stereocenters. The Bertz CT molecular complexity index is 479. The zero-order valence-corrected chi connectivity index (χ0v) is 10.3. The van der Waals surface area contributed by atoms with Crippen LogP contribution in [0.5, 0.6) is 0 Å². The third-order valence-corrected chi connectivity index (χ3v) is 3.19. The Morgan fingerprint density at radius 2 is 2.47 bits per heavy atom. The number of rotatable bonds is 5. The van der Waals surface area contributed by atoms with Gasteiger partial charge in [-0.05, 0) is 24.2 Å². The van der Waals surface area contributed by atoms with Gasteiger partial charge in [0.15, 0.2) is 5.16 Å². The fourth-order valence-electron chi connectivity index (χ4n) is 1.33. The molecular formula is C11H13N3O2S. The minimum absolute atomic E-state index is 0.0792. The molecule has 0 bridgehead atoms. The third-order valence-electron chi connectivity index (χ3n) is 2.27. The van der Waals surface area contributed by atoms with Crippen LogP contribution in [-0.4, -0.2) is 19.9 Å². The summed E-state index contributed by atoms with van der Waals surface area (Å²) in [5.74, 6) is 0. The van der Waals surface area contributed by atoms with Gasteiger partial charge in [0.25, 0.3) is 0 Å². The van der Waals surface area contributed by atoms with E-state index in [4.69, 9.17) is 4.42 Å². The van der Waals surface area contributed by atoms with Gasteiger partial charge < -0.3 is 8.98 Å². The Morgan fingerprint density at radius 1 is 1.59 bits per heavy atom. The van der Waals surface area contributed by atoms with Gasteiger partial charge in [-0.15, -0.1) is 10.2 Å². The molecule has 5 nitrogen and oxygen atoms in total. The molecule has 2 heterocycles. The van der Waals surface area contributed by atoms with Crippen molar-refractivity contribution in [3.05, 3.63) is 30.5 Å². The molecule has 17 heavy (non-hydrogen) atoms. The number of hydrogen-bond acceptors (Lipinski definition) is 5. The van der Waals surface area contributed by atoms with Gasteiger partial charge in [0.2, 0.25) is 5.12 Å². The second-order valence-corrected chi connectivity index (χ2v) is 4.50. The van der Waals surface area contributed by atoms with Gasteiger partial charge in [-0.2, -0.15) is 0 Å². The zero-order chi connectivity index (χ0) is 12.1. The highest BCUT2D eigenvalue weighted by atomic mass is 32.2. The van der Waals surface area contributed by atoms with E-state index < -0.39 is 0 Å². The lowest BCUT2D eigenvalue weighted by Gasteiger charge is -2.03. The van der Waals surface area contributed by atoms with Gasteiger partial charge in [0.1, 0.15) is 12.6 Å². The van der Waals surface area contributed by atoms with Crippen LogP contribution in [0.1, 0.15) is 30.1 Å². The maximum Gasteiger partial charge on any atom is 0.230 e. The minimum atomic E-state index is -0.0792. The summed E-state index contributed by atoms with van der Waals surface area (Å²) >= 11 is 1.08. The molecule has 90 valence electrons. The largest absolute Gasteiger partial charge is 0.472 e. The number of unbranched alkanes of at least 4 members (excludes halogenated alkanes) is 1. The normalized spacial score (nSPS) is 10.6. The molecule has 0 radical (unpaired) electrons. The number of carbonyl (C=O) groups is 1. The van der Waals surface area contributed by atoms with Gasteiger partial charge in [-0.1, -0.05) is 13.3 Å². The van der Waals surface area contributed by atoms with E-state index in [2.05, 4.69) is 17.1 Å². The standard InChI is InChI=1S/C11H13N3O2S/c1-2-3-5-14-8-12-13-11(14)17-10(15)9-4-6-16-7-9/h4,6-8H,2-3,5H2,1H3. The third kappa shape index (κ3) is 2.97. The number of hydrogen-bond donors (Lipinski definition) is 0. The lowest BCUT2D eigenvalue weighted by molar-refractivity contribution is 0.108. The van der Waals surface area contributed by atoms with E-state index in [1.165, 1.54) is 12.5 Å². The average Bonchev–Trinajstić information content (AvgIpc) is 2.97. The number of furan rings is 1. The van der Waals surface area contributed by atoms with Crippen molar-refractivity contribution >= 4 is 16.9 Å². The molecular weight excluding hydrogens is 238 g/mol. The second-order valence-electron chi connectivity index (χ2n) is 3.56. The van der Waals surface area contributed by atoms with Crippen LogP contribution in [0.3, 0.4) is 0 Å². The first-order valence-electron chi connectivity index (χ1n) is 5.43. The van der Waals surface area contributed by atoms with Crippen LogP contribution in [0.15, 0.2) is 34.5 Å². The first kappa shape index (κ1) is 11.9. The quantitative estimate of drug-likeness (QED) is 0.764. The van der Waals surface area contributed by atoms with Gasteiger partial charge in [0, 0.05) is 6.54 Å². The van der Waals surface area contributed by atoms with Crippen molar-refractivity contribution in [3.63, 3.8) is 0 Å². The number of nitrogens with zero attached hydrogens (tertiary/aromatic N) is 3. The molecule has 0 N–H and O–H groups in total. The Balaban J connectivity index is 2.03. The van der Waals surface area contributed by atoms with Crippen LogP contribution in [0.4, 0.5) is 0 Å². The SMILES string of the molecule is CCCCn1cnnc1SC(=O)c1ccoc1. The van der Waals surface area contributed by atoms with Crippen molar-refractivity contribution in [2.24, 2.45) is 0 Å². The molecule has 2 rings (SSSR count). The number of carbonyl (C=O) groups excluding carboxylic acids is 1. The van der Waals surface area contributed by atoms with E-state index in [1.807, 2.05) is 4.57 Å². The lowest BCUT2D eigenvalue weighted by Crippen LogP contribution is -2.00. The highest BCUT2D eigenvalue weighted by Gasteiger charge is 2.13. The summed E-state index contributed by atoms with van der Waals surface area (Å²) in [5.41, 5.74) is 0.542. The molecule has 2 aromatic rings. The predicted octanol–water partition coefficient (Wildman–Crippen LogP) is 2.60. The Hall–Kier alpha value is -1.56. The summed E-state index contributed by atoms with van der Waals surface area (Å²) in [7, 11) is 0. The fourth-order valence-corrected chi connectivity index (χ4v) is 2.07. The molecule has 0 aliphatic rings. The zero-order valence-electron chi connectivity index (χ0n) is 9.50. The Morgan fingerprint density at radius 3 is 3.18 bits per heavy atom. The first-order valence-corrected chi connectivity index (χ1v) is 6.25. The van der Waals surface area contributed by atoms with E-state index in [1.54, 1.807) is 12.4 Å². The van der Waals surface area contributed by atoms with Crippen molar-refractivity contribution < 1.29 is 9.21 Å². The summed E-state index contributed by atoms with van der Waals surface area (Å²) in [4.78, 5) is 11.8. The van der Waals surface area contributed by atoms with Gasteiger partial charge in [0.05, 0.1) is 11.8 Å². The summed E-state index contributed by atoms with van der Waals surface area (Å²) < 4.78 is 6.77. The Labute approximate surface area is 103 Å². The van der Waals surface area contributed by atoms with Crippen LogP contribution in [-0.2, 0) is 6.54 Å². The summed E-state index contributed by atoms with van der Waals surface area (Å²) in [6, 6.07) is 1.64.